The van der Waals surface area contributed by atoms with Gasteiger partial charge < -0.3 is 20.1 Å². The lowest BCUT2D eigenvalue weighted by Crippen LogP contribution is -2.40. The summed E-state index contributed by atoms with van der Waals surface area (Å²) < 4.78 is 49.9. The highest BCUT2D eigenvalue weighted by Gasteiger charge is 2.57. The lowest BCUT2D eigenvalue weighted by atomic mass is 10.2. The molecule has 0 aromatic carbocycles. The smallest absolute Gasteiger partial charge is 0.255 e. The molecule has 6 nitrogen and oxygen atoms in total. The molecule has 0 bridgehead atoms. The molecule has 25 heavy (non-hydrogen) atoms. The average Bonchev–Trinajstić information content (AvgIpc) is 2.99. The summed E-state index contributed by atoms with van der Waals surface area (Å²) in [4.78, 5) is 15.9. The van der Waals surface area contributed by atoms with Gasteiger partial charge in [0.25, 0.3) is 11.8 Å². The first-order chi connectivity index (χ1) is 11.9. The van der Waals surface area contributed by atoms with E-state index in [1.165, 1.54) is 7.11 Å². The maximum Gasteiger partial charge on any atom is 0.255 e. The second kappa shape index (κ2) is 7.07. The molecule has 0 spiro atoms. The Morgan fingerprint density at radius 3 is 2.84 bits per heavy atom. The normalized spacial score (nSPS) is 24.0. The van der Waals surface area contributed by atoms with E-state index in [9.17, 15) is 18.0 Å². The molecule has 2 aliphatic rings. The highest BCUT2D eigenvalue weighted by Crippen LogP contribution is 2.48. The van der Waals surface area contributed by atoms with Crippen LogP contribution in [0.3, 0.4) is 0 Å². The molecule has 3 rings (SSSR count). The zero-order chi connectivity index (χ0) is 18.0. The number of carbonyl (C=O) groups is 1. The fourth-order valence-electron chi connectivity index (χ4n) is 2.74. The van der Waals surface area contributed by atoms with E-state index in [1.807, 2.05) is 0 Å². The molecule has 2 N–H and O–H groups in total. The van der Waals surface area contributed by atoms with Gasteiger partial charge in [-0.3, -0.25) is 4.79 Å². The van der Waals surface area contributed by atoms with Crippen LogP contribution in [-0.2, 0) is 11.3 Å². The Hall–Kier alpha value is -2.03. The van der Waals surface area contributed by atoms with Crippen molar-refractivity contribution in [3.8, 4) is 11.8 Å². The molecule has 1 amide bonds. The van der Waals surface area contributed by atoms with E-state index < -0.39 is 17.7 Å². The minimum absolute atomic E-state index is 0.0467. The molecule has 1 aliphatic carbocycles. The Balaban J connectivity index is 1.61. The number of amides is 1. The highest BCUT2D eigenvalue weighted by atomic mass is 19.3. The number of hydrogen-bond acceptors (Lipinski definition) is 5. The summed E-state index contributed by atoms with van der Waals surface area (Å²) in [6.45, 7) is 0.540. The van der Waals surface area contributed by atoms with Crippen LogP contribution in [0.15, 0.2) is 6.07 Å². The molecular weight excluding hydrogens is 339 g/mol. The van der Waals surface area contributed by atoms with Crippen LogP contribution in [0.25, 0.3) is 0 Å². The largest absolute Gasteiger partial charge is 0.481 e. The highest BCUT2D eigenvalue weighted by molar-refractivity contribution is 5.82. The van der Waals surface area contributed by atoms with Gasteiger partial charge in [0, 0.05) is 18.5 Å². The topological polar surface area (TPSA) is 72.5 Å². The summed E-state index contributed by atoms with van der Waals surface area (Å²) in [5, 5.41) is 5.77. The Kier molecular flexibility index (Phi) is 5.03. The first-order valence-corrected chi connectivity index (χ1v) is 8.16. The van der Waals surface area contributed by atoms with Gasteiger partial charge in [0.2, 0.25) is 11.8 Å². The molecule has 1 saturated heterocycles. The summed E-state index contributed by atoms with van der Waals surface area (Å²) in [6, 6.07) is 0.890. The predicted octanol–water partition coefficient (Wildman–Crippen LogP) is 1.63. The van der Waals surface area contributed by atoms with Crippen molar-refractivity contribution in [1.82, 2.24) is 15.6 Å². The third-order valence-corrected chi connectivity index (χ3v) is 4.38. The van der Waals surface area contributed by atoms with Crippen molar-refractivity contribution in [3.63, 3.8) is 0 Å². The van der Waals surface area contributed by atoms with Crippen LogP contribution < -0.4 is 20.1 Å². The summed E-state index contributed by atoms with van der Waals surface area (Å²) >= 11 is 0. The number of rotatable bonds is 7. The van der Waals surface area contributed by atoms with Gasteiger partial charge in [-0.15, -0.1) is 0 Å². The van der Waals surface area contributed by atoms with E-state index in [4.69, 9.17) is 9.47 Å². The number of nitrogens with zero attached hydrogens (tertiary/aromatic N) is 1. The standard InChI is InChI=1S/C16H20F3N3O3/c1-24-14-9(7-21-13(23)12-3-2-4-20-12)5-11(17)15(22-14)25-8-10-6-16(10,18)19/h5,10,12,20H,2-4,6-8H2,1H3,(H,21,23)/t10?,12-/m0/s1. The van der Waals surface area contributed by atoms with Crippen LogP contribution in [0.2, 0.25) is 0 Å². The third kappa shape index (κ3) is 4.15. The van der Waals surface area contributed by atoms with Gasteiger partial charge in [-0.05, 0) is 25.5 Å². The second-order valence-corrected chi connectivity index (χ2v) is 6.28. The summed E-state index contributed by atoms with van der Waals surface area (Å²) in [5.41, 5.74) is 0.343. The van der Waals surface area contributed by atoms with Crippen LogP contribution >= 0.6 is 0 Å². The molecule has 1 unspecified atom stereocenters. The van der Waals surface area contributed by atoms with Crippen molar-refractivity contribution in [3.05, 3.63) is 17.4 Å². The third-order valence-electron chi connectivity index (χ3n) is 4.38. The molecule has 9 heteroatoms. The number of halogens is 3. The Bertz CT molecular complexity index is 651. The second-order valence-electron chi connectivity index (χ2n) is 6.28. The molecule has 138 valence electrons. The van der Waals surface area contributed by atoms with Gasteiger partial charge in [-0.25, -0.2) is 13.2 Å². The van der Waals surface area contributed by atoms with Gasteiger partial charge in [-0.1, -0.05) is 0 Å². The number of carbonyl (C=O) groups excluding carboxylic acids is 1. The molecule has 1 aliphatic heterocycles. The van der Waals surface area contributed by atoms with Crippen LogP contribution in [0.4, 0.5) is 13.2 Å². The number of alkyl halides is 2. The lowest BCUT2D eigenvalue weighted by molar-refractivity contribution is -0.122. The van der Waals surface area contributed by atoms with Gasteiger partial charge >= 0.3 is 0 Å². The number of pyridine rings is 1. The average molecular weight is 359 g/mol. The quantitative estimate of drug-likeness (QED) is 0.774. The van der Waals surface area contributed by atoms with Crippen molar-refractivity contribution in [2.45, 2.75) is 37.8 Å². The number of nitrogens with one attached hydrogen (secondary N) is 2. The summed E-state index contributed by atoms with van der Waals surface area (Å²) in [5.74, 6) is -4.90. The maximum absolute atomic E-state index is 14.1. The van der Waals surface area contributed by atoms with Gasteiger partial charge in [0.1, 0.15) is 0 Å². The summed E-state index contributed by atoms with van der Waals surface area (Å²) in [6.07, 6.45) is 1.43. The molecule has 2 heterocycles. The van der Waals surface area contributed by atoms with Gasteiger partial charge in [0.15, 0.2) is 5.82 Å². The molecule has 1 aromatic heterocycles. The fourth-order valence-corrected chi connectivity index (χ4v) is 2.74. The van der Waals surface area contributed by atoms with E-state index in [2.05, 4.69) is 15.6 Å². The fraction of sp³-hybridized carbons (Fsp3) is 0.625. The van der Waals surface area contributed by atoms with Crippen molar-refractivity contribution in [2.75, 3.05) is 20.3 Å². The van der Waals surface area contributed by atoms with Gasteiger partial charge in [0.05, 0.1) is 25.7 Å². The van der Waals surface area contributed by atoms with Crippen LogP contribution in [0.5, 0.6) is 11.8 Å². The zero-order valence-electron chi connectivity index (χ0n) is 13.8. The van der Waals surface area contributed by atoms with Crippen LogP contribution in [0.1, 0.15) is 24.8 Å². The molecule has 1 saturated carbocycles. The number of hydrogen-bond donors (Lipinski definition) is 2. The lowest BCUT2D eigenvalue weighted by Gasteiger charge is -2.14. The SMILES string of the molecule is COc1nc(OCC2CC2(F)F)c(F)cc1CNC(=O)[C@@H]1CCCN1. The van der Waals surface area contributed by atoms with E-state index in [1.54, 1.807) is 0 Å². The van der Waals surface area contributed by atoms with Crippen molar-refractivity contribution in [2.24, 2.45) is 5.92 Å². The van der Waals surface area contributed by atoms with E-state index in [0.717, 1.165) is 25.5 Å². The molecule has 1 aromatic rings. The van der Waals surface area contributed by atoms with Crippen molar-refractivity contribution < 1.29 is 27.4 Å². The molecule has 0 radical (unpaired) electrons. The Morgan fingerprint density at radius 2 is 2.24 bits per heavy atom. The maximum atomic E-state index is 14.1. The Labute approximate surface area is 143 Å². The molecule has 2 fully saturated rings. The monoisotopic (exact) mass is 359 g/mol. The van der Waals surface area contributed by atoms with Crippen molar-refractivity contribution in [1.29, 1.82) is 0 Å². The van der Waals surface area contributed by atoms with Crippen LogP contribution in [-0.4, -0.2) is 43.1 Å². The van der Waals surface area contributed by atoms with Crippen LogP contribution in [0, 0.1) is 11.7 Å². The molecule has 2 atom stereocenters. The number of methoxy groups -OCH3 is 1. The Morgan fingerprint density at radius 1 is 1.48 bits per heavy atom. The predicted molar refractivity (Wildman–Crippen MR) is 82.2 cm³/mol. The first-order valence-electron chi connectivity index (χ1n) is 8.16. The minimum Gasteiger partial charge on any atom is -0.481 e. The summed E-state index contributed by atoms with van der Waals surface area (Å²) in [7, 11) is 1.35. The number of ether oxygens (including phenoxy) is 2. The van der Waals surface area contributed by atoms with Crippen molar-refractivity contribution >= 4 is 5.91 Å². The number of aromatic nitrogens is 1. The zero-order valence-corrected chi connectivity index (χ0v) is 13.8. The van der Waals surface area contributed by atoms with Gasteiger partial charge in [-0.2, -0.15) is 4.98 Å². The van der Waals surface area contributed by atoms with E-state index in [0.29, 0.717) is 5.56 Å². The first kappa shape index (κ1) is 17.8. The molecular formula is C16H20F3N3O3. The van der Waals surface area contributed by atoms with E-state index in [-0.39, 0.29) is 43.3 Å². The minimum atomic E-state index is -2.74. The van der Waals surface area contributed by atoms with E-state index >= 15 is 0 Å².